The number of piperazine rings is 1. The molecule has 1 heterocycles. The van der Waals surface area contributed by atoms with Gasteiger partial charge < -0.3 is 24.3 Å². The van der Waals surface area contributed by atoms with Crippen LogP contribution in [0.3, 0.4) is 0 Å². The second kappa shape index (κ2) is 9.85. The van der Waals surface area contributed by atoms with Crippen LogP contribution in [-0.2, 0) is 0 Å². The number of anilines is 1. The summed E-state index contributed by atoms with van der Waals surface area (Å²) >= 11 is 0. The van der Waals surface area contributed by atoms with Crippen LogP contribution in [-0.4, -0.2) is 69.9 Å². The molecule has 7 nitrogen and oxygen atoms in total. The van der Waals surface area contributed by atoms with Gasteiger partial charge in [0, 0.05) is 44.0 Å². The number of methoxy groups -OCH3 is 2. The lowest BCUT2D eigenvalue weighted by atomic mass is 10.2. The highest BCUT2D eigenvalue weighted by Gasteiger charge is 2.17. The van der Waals surface area contributed by atoms with Gasteiger partial charge in [-0.05, 0) is 42.5 Å². The Morgan fingerprint density at radius 2 is 1.71 bits per heavy atom. The van der Waals surface area contributed by atoms with Gasteiger partial charge in [-0.3, -0.25) is 4.90 Å². The second-order valence-corrected chi connectivity index (χ2v) is 6.53. The van der Waals surface area contributed by atoms with Gasteiger partial charge in [-0.25, -0.2) is 0 Å². The van der Waals surface area contributed by atoms with Crippen molar-refractivity contribution in [2.75, 3.05) is 58.5 Å². The van der Waals surface area contributed by atoms with Crippen molar-refractivity contribution in [1.29, 1.82) is 0 Å². The summed E-state index contributed by atoms with van der Waals surface area (Å²) in [7, 11) is 3.28. The molecule has 2 aromatic rings. The first-order chi connectivity index (χ1) is 13.7. The zero-order valence-electron chi connectivity index (χ0n) is 16.4. The van der Waals surface area contributed by atoms with Gasteiger partial charge in [-0.2, -0.15) is 0 Å². The fourth-order valence-electron chi connectivity index (χ4n) is 3.26. The van der Waals surface area contributed by atoms with Gasteiger partial charge in [0.05, 0.1) is 20.4 Å². The van der Waals surface area contributed by atoms with Crippen LogP contribution < -0.4 is 19.1 Å². The first kappa shape index (κ1) is 19.8. The molecule has 7 heteroatoms. The number of nitrogens with zero attached hydrogens (tertiary/aromatic N) is 3. The number of benzene rings is 2. The average Bonchev–Trinajstić information content (AvgIpc) is 2.75. The molecular weight excluding hydrogens is 358 g/mol. The van der Waals surface area contributed by atoms with Crippen LogP contribution in [0.25, 0.3) is 0 Å². The Hall–Kier alpha value is -2.93. The monoisotopic (exact) mass is 385 g/mol. The molecule has 0 bridgehead atoms. The van der Waals surface area contributed by atoms with Gasteiger partial charge in [0.1, 0.15) is 12.4 Å². The summed E-state index contributed by atoms with van der Waals surface area (Å²) in [6.07, 6.45) is 1.36. The Morgan fingerprint density at radius 1 is 0.964 bits per heavy atom. The minimum atomic E-state index is 0.590. The third-order valence-electron chi connectivity index (χ3n) is 4.87. The molecule has 1 aliphatic heterocycles. The van der Waals surface area contributed by atoms with Crippen LogP contribution in [0.4, 0.5) is 5.69 Å². The molecule has 0 aromatic heterocycles. The standard InChI is InChI=1S/C21H27N3O4/c1-26-19-6-4-18(5-7-19)24-11-9-23(10-12-24)13-14-28-20-8-3-17(16-22-25)15-21(20)27-2/h3-8,15-16,25H,9-14H2,1-2H3. The Bertz CT molecular complexity index is 772. The van der Waals surface area contributed by atoms with Crippen molar-refractivity contribution in [2.45, 2.75) is 0 Å². The van der Waals surface area contributed by atoms with Gasteiger partial charge >= 0.3 is 0 Å². The third-order valence-corrected chi connectivity index (χ3v) is 4.87. The van der Waals surface area contributed by atoms with Crippen LogP contribution in [0.2, 0.25) is 0 Å². The van der Waals surface area contributed by atoms with E-state index in [0.717, 1.165) is 44.0 Å². The average molecular weight is 385 g/mol. The number of ether oxygens (including phenoxy) is 3. The van der Waals surface area contributed by atoms with E-state index in [9.17, 15) is 0 Å². The topological polar surface area (TPSA) is 66.8 Å². The lowest BCUT2D eigenvalue weighted by Crippen LogP contribution is -2.47. The Morgan fingerprint density at radius 3 is 2.36 bits per heavy atom. The van der Waals surface area contributed by atoms with E-state index >= 15 is 0 Å². The summed E-state index contributed by atoms with van der Waals surface area (Å²) in [5.41, 5.74) is 1.98. The molecule has 28 heavy (non-hydrogen) atoms. The molecule has 0 spiro atoms. The van der Waals surface area contributed by atoms with Crippen molar-refractivity contribution in [3.05, 3.63) is 48.0 Å². The number of rotatable bonds is 8. The van der Waals surface area contributed by atoms with Gasteiger partial charge in [-0.15, -0.1) is 0 Å². The van der Waals surface area contributed by atoms with E-state index in [1.54, 1.807) is 20.3 Å². The molecule has 0 unspecified atom stereocenters. The molecule has 0 aliphatic carbocycles. The third kappa shape index (κ3) is 5.07. The van der Waals surface area contributed by atoms with E-state index in [1.807, 2.05) is 24.3 Å². The summed E-state index contributed by atoms with van der Waals surface area (Å²) in [4.78, 5) is 4.79. The van der Waals surface area contributed by atoms with Crippen molar-refractivity contribution in [2.24, 2.45) is 5.16 Å². The highest BCUT2D eigenvalue weighted by molar-refractivity contribution is 5.80. The lowest BCUT2D eigenvalue weighted by Gasteiger charge is -2.36. The largest absolute Gasteiger partial charge is 0.497 e. The summed E-state index contributed by atoms with van der Waals surface area (Å²) < 4.78 is 16.5. The van der Waals surface area contributed by atoms with Crippen LogP contribution in [0.5, 0.6) is 17.2 Å². The minimum absolute atomic E-state index is 0.590. The highest BCUT2D eigenvalue weighted by Crippen LogP contribution is 2.27. The zero-order valence-corrected chi connectivity index (χ0v) is 16.4. The summed E-state index contributed by atoms with van der Waals surface area (Å²) in [6, 6.07) is 13.6. The minimum Gasteiger partial charge on any atom is -0.497 e. The molecule has 1 N–H and O–H groups in total. The number of oxime groups is 1. The van der Waals surface area contributed by atoms with Gasteiger partial charge in [-0.1, -0.05) is 5.16 Å². The molecular formula is C21H27N3O4. The molecule has 150 valence electrons. The van der Waals surface area contributed by atoms with E-state index in [4.69, 9.17) is 19.4 Å². The van der Waals surface area contributed by atoms with Crippen molar-refractivity contribution in [1.82, 2.24) is 4.90 Å². The van der Waals surface area contributed by atoms with Crippen LogP contribution in [0.1, 0.15) is 5.56 Å². The summed E-state index contributed by atoms with van der Waals surface area (Å²) in [6.45, 7) is 5.43. The predicted octanol–water partition coefficient (Wildman–Crippen LogP) is 2.71. The van der Waals surface area contributed by atoms with E-state index in [2.05, 4.69) is 27.1 Å². The van der Waals surface area contributed by atoms with Gasteiger partial charge in [0.25, 0.3) is 0 Å². The first-order valence-corrected chi connectivity index (χ1v) is 9.33. The Balaban J connectivity index is 1.45. The molecule has 1 aliphatic rings. The van der Waals surface area contributed by atoms with Crippen LogP contribution in [0.15, 0.2) is 47.6 Å². The van der Waals surface area contributed by atoms with Gasteiger partial charge in [0.2, 0.25) is 0 Å². The van der Waals surface area contributed by atoms with E-state index in [-0.39, 0.29) is 0 Å². The molecule has 0 saturated carbocycles. The van der Waals surface area contributed by atoms with E-state index < -0.39 is 0 Å². The summed E-state index contributed by atoms with van der Waals surface area (Å²) in [5.74, 6) is 2.20. The molecule has 0 radical (unpaired) electrons. The van der Waals surface area contributed by atoms with Crippen LogP contribution >= 0.6 is 0 Å². The van der Waals surface area contributed by atoms with Crippen LogP contribution in [0, 0.1) is 0 Å². The van der Waals surface area contributed by atoms with E-state index in [1.165, 1.54) is 11.9 Å². The molecule has 1 saturated heterocycles. The number of hydrogen-bond acceptors (Lipinski definition) is 7. The lowest BCUT2D eigenvalue weighted by molar-refractivity contribution is 0.197. The first-order valence-electron chi connectivity index (χ1n) is 9.33. The van der Waals surface area contributed by atoms with E-state index in [0.29, 0.717) is 18.1 Å². The fraction of sp³-hybridized carbons (Fsp3) is 0.381. The zero-order chi connectivity index (χ0) is 19.8. The quantitative estimate of drug-likeness (QED) is 0.428. The van der Waals surface area contributed by atoms with Crippen molar-refractivity contribution < 1.29 is 19.4 Å². The summed E-state index contributed by atoms with van der Waals surface area (Å²) in [5, 5.41) is 11.7. The normalized spacial score (nSPS) is 15.0. The SMILES string of the molecule is COc1ccc(N2CCN(CCOc3ccc(C=NO)cc3OC)CC2)cc1. The smallest absolute Gasteiger partial charge is 0.161 e. The Kier molecular flexibility index (Phi) is 6.97. The maximum Gasteiger partial charge on any atom is 0.161 e. The second-order valence-electron chi connectivity index (χ2n) is 6.53. The fourth-order valence-corrected chi connectivity index (χ4v) is 3.26. The maximum absolute atomic E-state index is 8.64. The maximum atomic E-state index is 8.64. The number of hydrogen-bond donors (Lipinski definition) is 1. The van der Waals surface area contributed by atoms with Crippen molar-refractivity contribution >= 4 is 11.9 Å². The van der Waals surface area contributed by atoms with Crippen molar-refractivity contribution in [3.63, 3.8) is 0 Å². The molecule has 2 aromatic carbocycles. The highest BCUT2D eigenvalue weighted by atomic mass is 16.5. The van der Waals surface area contributed by atoms with Crippen molar-refractivity contribution in [3.8, 4) is 17.2 Å². The molecule has 1 fully saturated rings. The molecule has 0 atom stereocenters. The predicted molar refractivity (Wildman–Crippen MR) is 110 cm³/mol. The molecule has 3 rings (SSSR count). The Labute approximate surface area is 165 Å². The molecule has 0 amide bonds. The van der Waals surface area contributed by atoms with Gasteiger partial charge in [0.15, 0.2) is 11.5 Å².